The number of aromatic nitrogens is 3. The summed E-state index contributed by atoms with van der Waals surface area (Å²) in [6.07, 6.45) is 3.72. The molecule has 1 amide bonds. The molecule has 2 aromatic heterocycles. The summed E-state index contributed by atoms with van der Waals surface area (Å²) in [6.45, 7) is 6.30. The van der Waals surface area contributed by atoms with E-state index in [1.807, 2.05) is 43.4 Å². The third-order valence-electron chi connectivity index (χ3n) is 4.43. The molecule has 27 heavy (non-hydrogen) atoms. The van der Waals surface area contributed by atoms with Gasteiger partial charge in [0.1, 0.15) is 0 Å². The Bertz CT molecular complexity index is 954. The minimum atomic E-state index is -0.123. The molecule has 0 atom stereocenters. The van der Waals surface area contributed by atoms with Gasteiger partial charge in [0, 0.05) is 30.6 Å². The van der Waals surface area contributed by atoms with Gasteiger partial charge in [-0.15, -0.1) is 0 Å². The van der Waals surface area contributed by atoms with Gasteiger partial charge in [0.05, 0.1) is 23.5 Å². The zero-order valence-corrected chi connectivity index (χ0v) is 16.2. The van der Waals surface area contributed by atoms with Crippen molar-refractivity contribution in [1.29, 1.82) is 0 Å². The van der Waals surface area contributed by atoms with Gasteiger partial charge >= 0.3 is 0 Å². The van der Waals surface area contributed by atoms with Gasteiger partial charge in [0.2, 0.25) is 5.91 Å². The lowest BCUT2D eigenvalue weighted by atomic mass is 9.92. The Morgan fingerprint density at radius 3 is 2.41 bits per heavy atom. The van der Waals surface area contributed by atoms with Gasteiger partial charge in [-0.25, -0.2) is 0 Å². The van der Waals surface area contributed by atoms with Crippen LogP contribution in [-0.2, 0) is 23.7 Å². The molecule has 0 aliphatic rings. The number of nitrogens with zero attached hydrogens (tertiary/aromatic N) is 3. The first kappa shape index (κ1) is 18.6. The lowest BCUT2D eigenvalue weighted by Gasteiger charge is -2.13. The SMILES string of the molecule is Cn1nc(C(C)(C)C)cc1CC(=O)Nc1ccc(-c2ccncc2)cc1N. The van der Waals surface area contributed by atoms with Crippen LogP contribution in [0.1, 0.15) is 32.2 Å². The fraction of sp³-hybridized carbons (Fsp3) is 0.286. The second kappa shape index (κ2) is 7.23. The first-order chi connectivity index (χ1) is 12.7. The van der Waals surface area contributed by atoms with Gasteiger partial charge in [-0.3, -0.25) is 14.5 Å². The number of hydrogen-bond acceptors (Lipinski definition) is 4. The number of rotatable bonds is 4. The molecule has 3 rings (SSSR count). The van der Waals surface area contributed by atoms with E-state index in [4.69, 9.17) is 5.73 Å². The third kappa shape index (κ3) is 4.34. The minimum Gasteiger partial charge on any atom is -0.397 e. The second-order valence-electron chi connectivity index (χ2n) is 7.66. The summed E-state index contributed by atoms with van der Waals surface area (Å²) in [5.41, 5.74) is 11.1. The van der Waals surface area contributed by atoms with Crippen LogP contribution >= 0.6 is 0 Å². The summed E-state index contributed by atoms with van der Waals surface area (Å²) in [5, 5.41) is 7.41. The van der Waals surface area contributed by atoms with Gasteiger partial charge < -0.3 is 11.1 Å². The standard InChI is InChI=1S/C21H25N5O/c1-21(2,3)19-12-16(26(4)25-19)13-20(27)24-18-6-5-15(11-17(18)22)14-7-9-23-10-8-14/h5-12H,13,22H2,1-4H3,(H,24,27). The molecule has 1 aromatic carbocycles. The number of nitrogens with two attached hydrogens (primary N) is 1. The van der Waals surface area contributed by atoms with E-state index in [2.05, 4.69) is 36.2 Å². The van der Waals surface area contributed by atoms with E-state index in [1.54, 1.807) is 17.1 Å². The predicted molar refractivity (Wildman–Crippen MR) is 108 cm³/mol. The number of aryl methyl sites for hydroxylation is 1. The largest absolute Gasteiger partial charge is 0.397 e. The average Bonchev–Trinajstić information content (AvgIpc) is 2.98. The quantitative estimate of drug-likeness (QED) is 0.694. The molecule has 3 aromatic rings. The van der Waals surface area contributed by atoms with E-state index in [0.29, 0.717) is 11.4 Å². The van der Waals surface area contributed by atoms with Crippen molar-refractivity contribution in [3.05, 3.63) is 60.2 Å². The lowest BCUT2D eigenvalue weighted by Crippen LogP contribution is -2.17. The van der Waals surface area contributed by atoms with Gasteiger partial charge in [-0.05, 0) is 41.5 Å². The molecule has 2 heterocycles. The Labute approximate surface area is 159 Å². The Morgan fingerprint density at radius 2 is 1.81 bits per heavy atom. The Hall–Kier alpha value is -3.15. The number of hydrogen-bond donors (Lipinski definition) is 2. The zero-order valence-electron chi connectivity index (χ0n) is 16.2. The summed E-state index contributed by atoms with van der Waals surface area (Å²) < 4.78 is 1.76. The molecule has 140 valence electrons. The lowest BCUT2D eigenvalue weighted by molar-refractivity contribution is -0.115. The van der Waals surface area contributed by atoms with E-state index < -0.39 is 0 Å². The highest BCUT2D eigenvalue weighted by Crippen LogP contribution is 2.27. The number of carbonyl (C=O) groups excluding carboxylic acids is 1. The van der Waals surface area contributed by atoms with Crippen LogP contribution in [0.25, 0.3) is 11.1 Å². The molecule has 6 heteroatoms. The molecule has 0 aliphatic carbocycles. The van der Waals surface area contributed by atoms with Gasteiger partial charge in [0.25, 0.3) is 0 Å². The van der Waals surface area contributed by atoms with Gasteiger partial charge in [-0.2, -0.15) is 5.10 Å². The Morgan fingerprint density at radius 1 is 1.11 bits per heavy atom. The number of nitrogens with one attached hydrogen (secondary N) is 1. The smallest absolute Gasteiger partial charge is 0.230 e. The van der Waals surface area contributed by atoms with Crippen molar-refractivity contribution in [2.75, 3.05) is 11.1 Å². The van der Waals surface area contributed by atoms with Crippen molar-refractivity contribution in [1.82, 2.24) is 14.8 Å². The summed E-state index contributed by atoms with van der Waals surface area (Å²) in [5.74, 6) is -0.123. The van der Waals surface area contributed by atoms with Crippen LogP contribution < -0.4 is 11.1 Å². The molecule has 6 nitrogen and oxygen atoms in total. The second-order valence-corrected chi connectivity index (χ2v) is 7.66. The Balaban J connectivity index is 1.72. The van der Waals surface area contributed by atoms with Gasteiger partial charge in [-0.1, -0.05) is 26.8 Å². The molecule has 0 saturated carbocycles. The molecule has 0 fully saturated rings. The van der Waals surface area contributed by atoms with E-state index >= 15 is 0 Å². The summed E-state index contributed by atoms with van der Waals surface area (Å²) >= 11 is 0. The highest BCUT2D eigenvalue weighted by Gasteiger charge is 2.20. The normalized spacial score (nSPS) is 11.4. The van der Waals surface area contributed by atoms with Crippen LogP contribution in [0.3, 0.4) is 0 Å². The van der Waals surface area contributed by atoms with Gasteiger partial charge in [0.15, 0.2) is 0 Å². The number of pyridine rings is 1. The van der Waals surface area contributed by atoms with Crippen molar-refractivity contribution < 1.29 is 4.79 Å². The van der Waals surface area contributed by atoms with Crippen molar-refractivity contribution in [2.24, 2.45) is 7.05 Å². The van der Waals surface area contributed by atoms with Crippen molar-refractivity contribution in [3.8, 4) is 11.1 Å². The van der Waals surface area contributed by atoms with E-state index in [0.717, 1.165) is 22.5 Å². The predicted octanol–water partition coefficient (Wildman–Crippen LogP) is 3.54. The van der Waals surface area contributed by atoms with Crippen molar-refractivity contribution in [2.45, 2.75) is 32.6 Å². The van der Waals surface area contributed by atoms with Crippen LogP contribution in [0.15, 0.2) is 48.8 Å². The molecular weight excluding hydrogens is 338 g/mol. The van der Waals surface area contributed by atoms with E-state index in [-0.39, 0.29) is 17.7 Å². The molecule has 3 N–H and O–H groups in total. The van der Waals surface area contributed by atoms with Crippen LogP contribution in [0, 0.1) is 0 Å². The average molecular weight is 363 g/mol. The van der Waals surface area contributed by atoms with Crippen molar-refractivity contribution in [3.63, 3.8) is 0 Å². The Kier molecular flexibility index (Phi) is 4.99. The number of anilines is 2. The maximum absolute atomic E-state index is 12.5. The summed E-state index contributed by atoms with van der Waals surface area (Å²) in [4.78, 5) is 16.5. The fourth-order valence-corrected chi connectivity index (χ4v) is 2.80. The number of benzene rings is 1. The van der Waals surface area contributed by atoms with Crippen LogP contribution in [0.4, 0.5) is 11.4 Å². The molecule has 0 unspecified atom stereocenters. The van der Waals surface area contributed by atoms with Crippen LogP contribution in [0.2, 0.25) is 0 Å². The maximum atomic E-state index is 12.5. The number of nitrogen functional groups attached to an aromatic ring is 1. The first-order valence-corrected chi connectivity index (χ1v) is 8.87. The van der Waals surface area contributed by atoms with E-state index in [1.165, 1.54) is 0 Å². The summed E-state index contributed by atoms with van der Waals surface area (Å²) in [6, 6.07) is 11.4. The molecule has 0 bridgehead atoms. The number of amides is 1. The molecule has 0 aliphatic heterocycles. The minimum absolute atomic E-state index is 0.0558. The molecule has 0 radical (unpaired) electrons. The molecule has 0 saturated heterocycles. The monoisotopic (exact) mass is 363 g/mol. The zero-order chi connectivity index (χ0) is 19.6. The summed E-state index contributed by atoms with van der Waals surface area (Å²) in [7, 11) is 1.86. The van der Waals surface area contributed by atoms with Crippen molar-refractivity contribution >= 4 is 17.3 Å². The first-order valence-electron chi connectivity index (χ1n) is 8.87. The fourth-order valence-electron chi connectivity index (χ4n) is 2.80. The van der Waals surface area contributed by atoms with Crippen LogP contribution in [-0.4, -0.2) is 20.7 Å². The highest BCUT2D eigenvalue weighted by molar-refractivity contribution is 5.95. The third-order valence-corrected chi connectivity index (χ3v) is 4.43. The number of carbonyl (C=O) groups is 1. The molecule has 0 spiro atoms. The van der Waals surface area contributed by atoms with Crippen LogP contribution in [0.5, 0.6) is 0 Å². The maximum Gasteiger partial charge on any atom is 0.230 e. The topological polar surface area (TPSA) is 85.8 Å². The van der Waals surface area contributed by atoms with E-state index in [9.17, 15) is 4.79 Å². The highest BCUT2D eigenvalue weighted by atomic mass is 16.1. The molecular formula is C21H25N5O.